The van der Waals surface area contributed by atoms with Crippen LogP contribution >= 0.6 is 0 Å². The molecule has 0 aliphatic carbocycles. The molecule has 0 bridgehead atoms. The number of hydrogen-bond acceptors (Lipinski definition) is 3. The summed E-state index contributed by atoms with van der Waals surface area (Å²) in [7, 11) is 0. The molecule has 0 saturated carbocycles. The Hall–Kier alpha value is -2.30. The van der Waals surface area contributed by atoms with Gasteiger partial charge in [-0.15, -0.1) is 0 Å². The van der Waals surface area contributed by atoms with Crippen molar-refractivity contribution in [1.82, 2.24) is 20.4 Å². The molecule has 1 atom stereocenters. The Kier molecular flexibility index (Phi) is 5.79. The van der Waals surface area contributed by atoms with Gasteiger partial charge in [0.2, 0.25) is 0 Å². The Morgan fingerprint density at radius 2 is 2.39 bits per heavy atom. The molecule has 1 saturated heterocycles. The van der Waals surface area contributed by atoms with Crippen LogP contribution in [-0.4, -0.2) is 28.8 Å². The molecule has 0 aromatic carbocycles. The topological polar surface area (TPSA) is 59.0 Å². The molecule has 1 aromatic rings. The smallest absolute Gasteiger partial charge is 0.254 e. The fourth-order valence-electron chi connectivity index (χ4n) is 2.67. The third kappa shape index (κ3) is 4.58. The normalized spacial score (nSPS) is 17.5. The lowest BCUT2D eigenvalue weighted by atomic mass is 9.99. The summed E-state index contributed by atoms with van der Waals surface area (Å²) in [5, 5.41) is 10.4. The Bertz CT molecular complexity index is 627. The summed E-state index contributed by atoms with van der Waals surface area (Å²) in [5.41, 5.74) is 3.61. The van der Waals surface area contributed by atoms with E-state index in [1.54, 1.807) is 10.9 Å². The van der Waals surface area contributed by atoms with Crippen molar-refractivity contribution in [1.29, 1.82) is 0 Å². The highest BCUT2D eigenvalue weighted by Gasteiger charge is 2.17. The zero-order valence-corrected chi connectivity index (χ0v) is 14.1. The van der Waals surface area contributed by atoms with E-state index in [2.05, 4.69) is 28.9 Å². The molecule has 5 nitrogen and oxygen atoms in total. The second-order valence-corrected chi connectivity index (χ2v) is 6.08. The van der Waals surface area contributed by atoms with Gasteiger partial charge in [0.1, 0.15) is 0 Å². The quantitative estimate of drug-likeness (QED) is 0.761. The van der Waals surface area contributed by atoms with Gasteiger partial charge in [-0.25, -0.2) is 4.68 Å². The molecule has 1 aromatic heterocycles. The van der Waals surface area contributed by atoms with Gasteiger partial charge in [-0.1, -0.05) is 25.7 Å². The molecule has 1 aliphatic rings. The average molecular weight is 314 g/mol. The summed E-state index contributed by atoms with van der Waals surface area (Å²) in [6.45, 7) is 13.6. The highest BCUT2D eigenvalue weighted by molar-refractivity contribution is 5.95. The molecule has 2 heterocycles. The molecular weight excluding hydrogens is 288 g/mol. The zero-order chi connectivity index (χ0) is 16.8. The van der Waals surface area contributed by atoms with Crippen molar-refractivity contribution in [2.24, 2.45) is 5.92 Å². The van der Waals surface area contributed by atoms with E-state index in [9.17, 15) is 4.79 Å². The van der Waals surface area contributed by atoms with Crippen LogP contribution in [0.4, 0.5) is 0 Å². The van der Waals surface area contributed by atoms with Crippen molar-refractivity contribution in [3.63, 3.8) is 0 Å². The Morgan fingerprint density at radius 3 is 3.04 bits per heavy atom. The second-order valence-electron chi connectivity index (χ2n) is 6.08. The van der Waals surface area contributed by atoms with Gasteiger partial charge in [0.25, 0.3) is 5.91 Å². The highest BCUT2D eigenvalue weighted by atomic mass is 16.1. The van der Waals surface area contributed by atoms with Gasteiger partial charge in [-0.05, 0) is 38.2 Å². The number of allylic oxidation sites excluding steroid dienone is 3. The molecule has 1 fully saturated rings. The van der Waals surface area contributed by atoms with Gasteiger partial charge in [0.15, 0.2) is 0 Å². The van der Waals surface area contributed by atoms with Crippen molar-refractivity contribution >= 4 is 12.1 Å². The largest absolute Gasteiger partial charge is 0.389 e. The molecule has 0 spiro atoms. The van der Waals surface area contributed by atoms with Crippen molar-refractivity contribution in [2.75, 3.05) is 13.1 Å². The minimum atomic E-state index is -0.0710. The lowest BCUT2D eigenvalue weighted by Gasteiger charge is -2.07. The van der Waals surface area contributed by atoms with Crippen LogP contribution in [0, 0.1) is 12.8 Å². The molecule has 124 valence electrons. The summed E-state index contributed by atoms with van der Waals surface area (Å²) < 4.78 is 1.72. The SMILES string of the molecule is C=C(/C=C\n1ncc(C(=O)NCCC)c1C)CC1CNC(=C)C1. The minimum absolute atomic E-state index is 0.0710. The van der Waals surface area contributed by atoms with Crippen LogP contribution in [0.25, 0.3) is 6.20 Å². The van der Waals surface area contributed by atoms with E-state index < -0.39 is 0 Å². The lowest BCUT2D eigenvalue weighted by molar-refractivity contribution is 0.0953. The number of carbonyl (C=O) groups excluding carboxylic acids is 1. The van der Waals surface area contributed by atoms with Crippen molar-refractivity contribution in [2.45, 2.75) is 33.1 Å². The van der Waals surface area contributed by atoms with Crippen LogP contribution in [0.3, 0.4) is 0 Å². The van der Waals surface area contributed by atoms with Crippen LogP contribution in [0.15, 0.2) is 36.7 Å². The maximum Gasteiger partial charge on any atom is 0.254 e. The number of amides is 1. The first-order valence-corrected chi connectivity index (χ1v) is 8.11. The van der Waals surface area contributed by atoms with Crippen LogP contribution in [0.2, 0.25) is 0 Å². The fourth-order valence-corrected chi connectivity index (χ4v) is 2.67. The Balaban J connectivity index is 1.94. The summed E-state index contributed by atoms with van der Waals surface area (Å²) in [6, 6.07) is 0. The van der Waals surface area contributed by atoms with E-state index >= 15 is 0 Å². The first-order chi connectivity index (χ1) is 11.0. The average Bonchev–Trinajstić information content (AvgIpc) is 3.08. The first-order valence-electron chi connectivity index (χ1n) is 8.11. The maximum atomic E-state index is 12.0. The van der Waals surface area contributed by atoms with E-state index in [4.69, 9.17) is 0 Å². The predicted molar refractivity (Wildman–Crippen MR) is 93.9 cm³/mol. The number of nitrogens with zero attached hydrogens (tertiary/aromatic N) is 2. The summed E-state index contributed by atoms with van der Waals surface area (Å²) >= 11 is 0. The molecular formula is C18H26N4O. The van der Waals surface area contributed by atoms with E-state index in [0.29, 0.717) is 18.0 Å². The van der Waals surface area contributed by atoms with E-state index in [0.717, 1.165) is 42.8 Å². The Morgan fingerprint density at radius 1 is 1.61 bits per heavy atom. The fraction of sp³-hybridized carbons (Fsp3) is 0.444. The van der Waals surface area contributed by atoms with Gasteiger partial charge in [-0.2, -0.15) is 5.10 Å². The monoisotopic (exact) mass is 314 g/mol. The predicted octanol–water partition coefficient (Wildman–Crippen LogP) is 2.87. The number of aromatic nitrogens is 2. The molecule has 0 radical (unpaired) electrons. The van der Waals surface area contributed by atoms with Gasteiger partial charge in [-0.3, -0.25) is 4.79 Å². The summed E-state index contributed by atoms with van der Waals surface area (Å²) in [4.78, 5) is 12.0. The molecule has 2 N–H and O–H groups in total. The van der Waals surface area contributed by atoms with Gasteiger partial charge in [0.05, 0.1) is 17.5 Å². The molecule has 1 unspecified atom stereocenters. The Labute approximate surface area is 138 Å². The third-order valence-electron chi connectivity index (χ3n) is 4.00. The van der Waals surface area contributed by atoms with Gasteiger partial charge >= 0.3 is 0 Å². The standard InChI is InChI=1S/C18H26N4O/c1-5-7-19-18(23)17-12-21-22(15(17)4)8-6-13(2)9-16-10-14(3)20-11-16/h6,8,12,16,20H,2-3,5,7,9-11H2,1,4H3,(H,19,23)/b8-6-. The van der Waals surface area contributed by atoms with E-state index in [-0.39, 0.29) is 5.91 Å². The molecule has 2 rings (SSSR count). The molecule has 1 aliphatic heterocycles. The molecule has 5 heteroatoms. The molecule has 1 amide bonds. The summed E-state index contributed by atoms with van der Waals surface area (Å²) in [6.07, 6.45) is 8.31. The van der Waals surface area contributed by atoms with Crippen molar-refractivity contribution in [3.8, 4) is 0 Å². The van der Waals surface area contributed by atoms with Crippen LogP contribution in [-0.2, 0) is 0 Å². The van der Waals surface area contributed by atoms with Gasteiger partial charge in [0, 0.05) is 25.0 Å². The summed E-state index contributed by atoms with van der Waals surface area (Å²) in [5.74, 6) is 0.493. The number of nitrogens with one attached hydrogen (secondary N) is 2. The van der Waals surface area contributed by atoms with Crippen molar-refractivity contribution < 1.29 is 4.79 Å². The van der Waals surface area contributed by atoms with Crippen LogP contribution < -0.4 is 10.6 Å². The highest BCUT2D eigenvalue weighted by Crippen LogP contribution is 2.22. The second kappa shape index (κ2) is 7.81. The third-order valence-corrected chi connectivity index (χ3v) is 4.00. The lowest BCUT2D eigenvalue weighted by Crippen LogP contribution is -2.24. The first kappa shape index (κ1) is 17.1. The molecule has 23 heavy (non-hydrogen) atoms. The van der Waals surface area contributed by atoms with Gasteiger partial charge < -0.3 is 10.6 Å². The van der Waals surface area contributed by atoms with Crippen molar-refractivity contribution in [3.05, 3.63) is 48.0 Å². The number of hydrogen-bond donors (Lipinski definition) is 2. The van der Waals surface area contributed by atoms with E-state index in [1.165, 1.54) is 0 Å². The maximum absolute atomic E-state index is 12.0. The van der Waals surface area contributed by atoms with E-state index in [1.807, 2.05) is 26.1 Å². The van der Waals surface area contributed by atoms with Crippen LogP contribution in [0.1, 0.15) is 42.2 Å². The zero-order valence-electron chi connectivity index (χ0n) is 14.1. The number of rotatable bonds is 7. The number of carbonyl (C=O) groups is 1. The minimum Gasteiger partial charge on any atom is -0.389 e. The van der Waals surface area contributed by atoms with Crippen LogP contribution in [0.5, 0.6) is 0 Å².